The number of benzene rings is 1. The minimum atomic E-state index is -0.169. The van der Waals surface area contributed by atoms with E-state index < -0.39 is 0 Å². The van der Waals surface area contributed by atoms with Crippen LogP contribution in [0.1, 0.15) is 44.7 Å². The molecule has 1 aromatic heterocycles. The van der Waals surface area contributed by atoms with Gasteiger partial charge in [-0.3, -0.25) is 9.79 Å². The second-order valence-electron chi connectivity index (χ2n) is 5.92. The number of pyridine rings is 1. The molecule has 4 nitrogen and oxygen atoms in total. The van der Waals surface area contributed by atoms with E-state index in [2.05, 4.69) is 11.9 Å². The van der Waals surface area contributed by atoms with Gasteiger partial charge >= 0.3 is 0 Å². The van der Waals surface area contributed by atoms with Gasteiger partial charge in [0.1, 0.15) is 11.3 Å². The van der Waals surface area contributed by atoms with E-state index in [1.54, 1.807) is 4.57 Å². The van der Waals surface area contributed by atoms with Crippen molar-refractivity contribution in [1.82, 2.24) is 4.57 Å². The monoisotopic (exact) mass is 300 g/mol. The zero-order chi connectivity index (χ0) is 16.3. The Balaban J connectivity index is 2.80. The second-order valence-corrected chi connectivity index (χ2v) is 5.92. The Morgan fingerprint density at radius 3 is 2.73 bits per heavy atom. The summed E-state index contributed by atoms with van der Waals surface area (Å²) in [5.74, 6) is 0.0286. The molecule has 0 fully saturated rings. The maximum Gasteiger partial charge on any atom is 0.263 e. The number of aliphatic imine (C=N–C) groups is 1. The summed E-state index contributed by atoms with van der Waals surface area (Å²) in [6.07, 6.45) is 3.44. The van der Waals surface area contributed by atoms with Gasteiger partial charge in [-0.1, -0.05) is 25.5 Å². The number of nitrogens with zero attached hydrogens (tertiary/aromatic N) is 2. The van der Waals surface area contributed by atoms with Crippen LogP contribution in [0.25, 0.3) is 10.9 Å². The number of aromatic hydroxyl groups is 1. The summed E-state index contributed by atoms with van der Waals surface area (Å²) < 4.78 is 1.77. The summed E-state index contributed by atoms with van der Waals surface area (Å²) in [5, 5.41) is 11.2. The Kier molecular flexibility index (Phi) is 5.01. The van der Waals surface area contributed by atoms with E-state index in [0.29, 0.717) is 11.9 Å². The summed E-state index contributed by atoms with van der Waals surface area (Å²) in [7, 11) is 0. The van der Waals surface area contributed by atoms with Crippen LogP contribution >= 0.6 is 0 Å². The van der Waals surface area contributed by atoms with Crippen molar-refractivity contribution in [3.63, 3.8) is 0 Å². The fraction of sp³-hybridized carbons (Fsp3) is 0.444. The van der Waals surface area contributed by atoms with Crippen LogP contribution in [0.2, 0.25) is 0 Å². The Labute approximate surface area is 131 Å². The molecule has 0 unspecified atom stereocenters. The molecular weight excluding hydrogens is 276 g/mol. The molecular formula is C18H24N2O2. The number of para-hydroxylation sites is 1. The molecule has 1 N–H and O–H groups in total. The van der Waals surface area contributed by atoms with Gasteiger partial charge in [-0.15, -0.1) is 0 Å². The van der Waals surface area contributed by atoms with Crippen LogP contribution < -0.4 is 5.56 Å². The van der Waals surface area contributed by atoms with Gasteiger partial charge in [0.05, 0.1) is 5.52 Å². The van der Waals surface area contributed by atoms with Crippen LogP contribution in [-0.2, 0) is 6.54 Å². The number of rotatable bonds is 5. The van der Waals surface area contributed by atoms with Crippen molar-refractivity contribution in [1.29, 1.82) is 0 Å². The van der Waals surface area contributed by atoms with Crippen LogP contribution in [0, 0.1) is 6.92 Å². The van der Waals surface area contributed by atoms with E-state index in [1.165, 1.54) is 6.21 Å². The lowest BCUT2D eigenvalue weighted by molar-refractivity contribution is 0.477. The fourth-order valence-corrected chi connectivity index (χ4v) is 2.57. The number of hydrogen-bond acceptors (Lipinski definition) is 3. The van der Waals surface area contributed by atoms with Crippen LogP contribution in [0.15, 0.2) is 28.0 Å². The molecule has 1 aromatic carbocycles. The Hall–Kier alpha value is -2.10. The quantitative estimate of drug-likeness (QED) is 0.857. The number of hydrogen-bond donors (Lipinski definition) is 1. The van der Waals surface area contributed by atoms with Crippen molar-refractivity contribution in [2.45, 2.75) is 53.1 Å². The summed E-state index contributed by atoms with van der Waals surface area (Å²) in [6.45, 7) is 8.59. The van der Waals surface area contributed by atoms with E-state index in [4.69, 9.17) is 0 Å². The highest BCUT2D eigenvalue weighted by atomic mass is 16.3. The van der Waals surface area contributed by atoms with Crippen LogP contribution in [0.3, 0.4) is 0 Å². The molecule has 22 heavy (non-hydrogen) atoms. The summed E-state index contributed by atoms with van der Waals surface area (Å²) >= 11 is 0. The SMILES string of the molecule is CCCCn1c(=O)c(C=NC(C)C)c(O)c2cccc(C)c21. The molecule has 0 radical (unpaired) electrons. The molecule has 0 spiro atoms. The minimum absolute atomic E-state index is 0.0286. The highest BCUT2D eigenvalue weighted by molar-refractivity contribution is 5.96. The first kappa shape index (κ1) is 16.3. The molecule has 2 aromatic rings. The zero-order valence-electron chi connectivity index (χ0n) is 13.8. The number of fused-ring (bicyclic) bond motifs is 1. The predicted octanol–water partition coefficient (Wildman–Crippen LogP) is 3.64. The van der Waals surface area contributed by atoms with Crippen molar-refractivity contribution in [2.75, 3.05) is 0 Å². The largest absolute Gasteiger partial charge is 0.506 e. The van der Waals surface area contributed by atoms with Gasteiger partial charge in [0.2, 0.25) is 0 Å². The van der Waals surface area contributed by atoms with Gasteiger partial charge in [-0.25, -0.2) is 0 Å². The third-order valence-electron chi connectivity index (χ3n) is 3.73. The number of unbranched alkanes of at least 4 members (excludes halogenated alkanes) is 1. The van der Waals surface area contributed by atoms with Crippen molar-refractivity contribution >= 4 is 17.1 Å². The van der Waals surface area contributed by atoms with E-state index in [-0.39, 0.29) is 22.9 Å². The lowest BCUT2D eigenvalue weighted by Crippen LogP contribution is -2.25. The Morgan fingerprint density at radius 1 is 1.36 bits per heavy atom. The normalized spacial score (nSPS) is 11.9. The van der Waals surface area contributed by atoms with E-state index in [1.807, 2.05) is 39.0 Å². The highest BCUT2D eigenvalue weighted by Gasteiger charge is 2.16. The van der Waals surface area contributed by atoms with Gasteiger partial charge in [0, 0.05) is 24.2 Å². The summed E-state index contributed by atoms with van der Waals surface area (Å²) in [4.78, 5) is 17.1. The molecule has 0 aliphatic heterocycles. The van der Waals surface area contributed by atoms with Gasteiger partial charge < -0.3 is 9.67 Å². The maximum absolute atomic E-state index is 12.8. The molecule has 0 aliphatic carbocycles. The molecule has 1 heterocycles. The first-order valence-electron chi connectivity index (χ1n) is 7.85. The Morgan fingerprint density at radius 2 is 2.09 bits per heavy atom. The smallest absolute Gasteiger partial charge is 0.263 e. The third-order valence-corrected chi connectivity index (χ3v) is 3.73. The molecule has 0 amide bonds. The van der Waals surface area contributed by atoms with Gasteiger partial charge in [-0.05, 0) is 38.8 Å². The fourth-order valence-electron chi connectivity index (χ4n) is 2.57. The van der Waals surface area contributed by atoms with Crippen molar-refractivity contribution < 1.29 is 5.11 Å². The third kappa shape index (κ3) is 3.06. The standard InChI is InChI=1S/C18H24N2O2/c1-5-6-10-20-16-13(4)8-7-9-14(16)17(21)15(18(20)22)11-19-12(2)3/h7-9,11-12,21H,5-6,10H2,1-4H3. The molecule has 0 saturated carbocycles. The first-order chi connectivity index (χ1) is 10.5. The molecule has 0 saturated heterocycles. The highest BCUT2D eigenvalue weighted by Crippen LogP contribution is 2.28. The average Bonchev–Trinajstić information content (AvgIpc) is 2.47. The first-order valence-corrected chi connectivity index (χ1v) is 7.85. The predicted molar refractivity (Wildman–Crippen MR) is 92.2 cm³/mol. The molecule has 0 aliphatic rings. The number of aromatic nitrogens is 1. The van der Waals surface area contributed by atoms with Crippen LogP contribution in [-0.4, -0.2) is 21.9 Å². The maximum atomic E-state index is 12.8. The molecule has 0 atom stereocenters. The zero-order valence-corrected chi connectivity index (χ0v) is 13.8. The summed E-state index contributed by atoms with van der Waals surface area (Å²) in [6, 6.07) is 5.80. The van der Waals surface area contributed by atoms with Crippen molar-refractivity contribution in [2.24, 2.45) is 4.99 Å². The van der Waals surface area contributed by atoms with E-state index in [0.717, 1.165) is 23.9 Å². The van der Waals surface area contributed by atoms with Gasteiger partial charge in [-0.2, -0.15) is 0 Å². The molecule has 4 heteroatoms. The molecule has 0 bridgehead atoms. The Bertz CT molecular complexity index is 758. The lowest BCUT2D eigenvalue weighted by atomic mass is 10.1. The van der Waals surface area contributed by atoms with Gasteiger partial charge in [0.25, 0.3) is 5.56 Å². The molecule has 118 valence electrons. The van der Waals surface area contributed by atoms with Crippen molar-refractivity contribution in [3.05, 3.63) is 39.7 Å². The minimum Gasteiger partial charge on any atom is -0.506 e. The second kappa shape index (κ2) is 6.77. The van der Waals surface area contributed by atoms with Crippen molar-refractivity contribution in [3.8, 4) is 5.75 Å². The van der Waals surface area contributed by atoms with Crippen LogP contribution in [0.4, 0.5) is 0 Å². The number of aryl methyl sites for hydroxylation is 2. The van der Waals surface area contributed by atoms with E-state index >= 15 is 0 Å². The summed E-state index contributed by atoms with van der Waals surface area (Å²) in [5.41, 5.74) is 1.92. The van der Waals surface area contributed by atoms with E-state index in [9.17, 15) is 9.90 Å². The van der Waals surface area contributed by atoms with Gasteiger partial charge in [0.15, 0.2) is 0 Å². The topological polar surface area (TPSA) is 54.6 Å². The average molecular weight is 300 g/mol. The lowest BCUT2D eigenvalue weighted by Gasteiger charge is -2.15. The van der Waals surface area contributed by atoms with Crippen LogP contribution in [0.5, 0.6) is 5.75 Å². The molecule has 2 rings (SSSR count).